The van der Waals surface area contributed by atoms with Crippen LogP contribution in [0.1, 0.15) is 63.3 Å². The Hall–Kier alpha value is -1.96. The molecule has 1 atom stereocenters. The van der Waals surface area contributed by atoms with Crippen molar-refractivity contribution >= 4 is 46.3 Å². The number of nitrogens with one attached hydrogen (secondary N) is 1. The number of benzene rings is 2. The highest BCUT2D eigenvalue weighted by atomic mass is 35.5. The number of anilines is 1. The third-order valence-electron chi connectivity index (χ3n) is 5.70. The number of thiophene rings is 1. The summed E-state index contributed by atoms with van der Waals surface area (Å²) in [6.45, 7) is 6.26. The van der Waals surface area contributed by atoms with Crippen molar-refractivity contribution < 1.29 is 18.0 Å². The third-order valence-corrected chi connectivity index (χ3v) is 8.01. The van der Waals surface area contributed by atoms with Gasteiger partial charge in [-0.1, -0.05) is 58.0 Å². The molecule has 1 heterocycles. The van der Waals surface area contributed by atoms with Gasteiger partial charge in [0.25, 0.3) is 0 Å². The Kier molecular flexibility index (Phi) is 14.4. The molecule has 1 N–H and O–H groups in total. The zero-order valence-electron chi connectivity index (χ0n) is 21.0. The van der Waals surface area contributed by atoms with Crippen molar-refractivity contribution in [3.63, 3.8) is 0 Å². The lowest BCUT2D eigenvalue weighted by Gasteiger charge is -2.11. The lowest BCUT2D eigenvalue weighted by atomic mass is 10.0. The van der Waals surface area contributed by atoms with Crippen LogP contribution in [0.4, 0.5) is 18.9 Å². The number of hydrogen-bond acceptors (Lipinski definition) is 3. The number of aryl methyl sites for hydroxylation is 2. The van der Waals surface area contributed by atoms with E-state index in [2.05, 4.69) is 18.3 Å². The Morgan fingerprint density at radius 1 is 1.03 bits per heavy atom. The number of carbonyl (C=O) groups excluding carboxylic acids is 1. The first-order chi connectivity index (χ1) is 17.1. The van der Waals surface area contributed by atoms with Crippen LogP contribution >= 0.6 is 34.7 Å². The second-order valence-corrected chi connectivity index (χ2v) is 11.2. The van der Waals surface area contributed by atoms with Gasteiger partial charge >= 0.3 is 6.18 Å². The van der Waals surface area contributed by atoms with Crippen LogP contribution in [0.25, 0.3) is 0 Å². The van der Waals surface area contributed by atoms with E-state index < -0.39 is 11.7 Å². The number of halogens is 4. The molecule has 0 fully saturated rings. The van der Waals surface area contributed by atoms with Crippen LogP contribution in [0.15, 0.2) is 58.8 Å². The molecule has 3 aromatic rings. The average Bonchev–Trinajstić information content (AvgIpc) is 3.19. The molecule has 2 aromatic carbocycles. The summed E-state index contributed by atoms with van der Waals surface area (Å²) in [4.78, 5) is 12.2. The van der Waals surface area contributed by atoms with Gasteiger partial charge in [-0.05, 0) is 90.9 Å². The molecule has 2 nitrogen and oxygen atoms in total. The zero-order valence-corrected chi connectivity index (χ0v) is 23.4. The minimum absolute atomic E-state index is 0. The second-order valence-electron chi connectivity index (χ2n) is 8.35. The minimum atomic E-state index is -4.36. The first-order valence-electron chi connectivity index (χ1n) is 12.0. The summed E-state index contributed by atoms with van der Waals surface area (Å²) in [5.74, 6) is 0.479. The summed E-state index contributed by atoms with van der Waals surface area (Å²) in [7, 11) is 0. The lowest BCUT2D eigenvalue weighted by molar-refractivity contribution is -0.137. The Bertz CT molecular complexity index is 1100. The van der Waals surface area contributed by atoms with Crippen LogP contribution < -0.4 is 5.32 Å². The highest BCUT2D eigenvalue weighted by molar-refractivity contribution is 8.00. The fourth-order valence-electron chi connectivity index (χ4n) is 3.74. The van der Waals surface area contributed by atoms with Crippen LogP contribution in [0.2, 0.25) is 4.34 Å². The maximum atomic E-state index is 12.6. The molecule has 4 rings (SSSR count). The minimum Gasteiger partial charge on any atom is -0.326 e. The fraction of sp³-hybridized carbons (Fsp3) is 0.414. The molecule has 0 spiro atoms. The van der Waals surface area contributed by atoms with Crippen LogP contribution in [0.3, 0.4) is 0 Å². The van der Waals surface area contributed by atoms with Crippen molar-refractivity contribution in [3.8, 4) is 0 Å². The van der Waals surface area contributed by atoms with Crippen LogP contribution in [0.5, 0.6) is 0 Å². The summed E-state index contributed by atoms with van der Waals surface area (Å²) in [5.41, 5.74) is 3.22. The van der Waals surface area contributed by atoms with Crippen molar-refractivity contribution in [1.29, 1.82) is 0 Å². The van der Waals surface area contributed by atoms with Crippen LogP contribution in [0, 0.1) is 5.92 Å². The molecule has 1 aliphatic rings. The largest absolute Gasteiger partial charge is 0.416 e. The van der Waals surface area contributed by atoms with Crippen LogP contribution in [-0.2, 0) is 30.2 Å². The molecule has 8 heteroatoms. The summed E-state index contributed by atoms with van der Waals surface area (Å²) < 4.78 is 39.9. The molecule has 1 aromatic heterocycles. The summed E-state index contributed by atoms with van der Waals surface area (Å²) in [6.07, 6.45) is 2.15. The van der Waals surface area contributed by atoms with Gasteiger partial charge in [0.1, 0.15) is 0 Å². The van der Waals surface area contributed by atoms with Crippen molar-refractivity contribution in [3.05, 3.63) is 81.2 Å². The Labute approximate surface area is 233 Å². The van der Waals surface area contributed by atoms with E-state index in [0.29, 0.717) is 11.5 Å². The van der Waals surface area contributed by atoms with E-state index in [1.54, 1.807) is 23.1 Å². The number of alkyl halides is 3. The summed E-state index contributed by atoms with van der Waals surface area (Å²) >= 11 is 8.98. The van der Waals surface area contributed by atoms with Crippen molar-refractivity contribution in [2.45, 2.75) is 70.7 Å². The first kappa shape index (κ1) is 33.1. The maximum absolute atomic E-state index is 12.6. The fourth-order valence-corrected chi connectivity index (χ4v) is 5.46. The van der Waals surface area contributed by atoms with E-state index >= 15 is 0 Å². The molecule has 1 unspecified atom stereocenters. The molecule has 0 aliphatic heterocycles. The van der Waals surface area contributed by atoms with E-state index in [9.17, 15) is 18.0 Å². The standard InChI is InChI=1S/C21H22F3NO.C5H5ClS2.C2H6.CH4/c1-14-2-6-16-8-11-19(13-17(16)7-3-14)25-20(26)12-15-4-9-18(10-5-15)21(22,23)24;1-7-5-3-2-4(6)8-5;1-2;/h4-5,8-11,13-14H,2-3,6-7,12H2,1H3,(H,25,26);2-3H,1H3;1-2H3;1H4. The monoisotopic (exact) mass is 571 g/mol. The number of rotatable bonds is 4. The summed E-state index contributed by atoms with van der Waals surface area (Å²) in [5, 5.41) is 2.86. The van der Waals surface area contributed by atoms with Gasteiger partial charge in [-0.3, -0.25) is 4.79 Å². The number of fused-ring (bicyclic) bond motifs is 1. The Morgan fingerprint density at radius 2 is 1.65 bits per heavy atom. The lowest BCUT2D eigenvalue weighted by Crippen LogP contribution is -2.15. The SMILES string of the molecule is C.CC.CC1CCc2ccc(NC(=O)Cc3ccc(C(F)(F)F)cc3)cc2CC1.CSc1ccc(Cl)s1. The highest BCUT2D eigenvalue weighted by Crippen LogP contribution is 2.30. The van der Waals surface area contributed by atoms with Crippen molar-refractivity contribution in [1.82, 2.24) is 0 Å². The molecule has 1 amide bonds. The number of hydrogen-bond donors (Lipinski definition) is 1. The third kappa shape index (κ3) is 11.1. The quantitative estimate of drug-likeness (QED) is 0.249. The normalized spacial score (nSPS) is 14.4. The van der Waals surface area contributed by atoms with Crippen molar-refractivity contribution in [2.75, 3.05) is 11.6 Å². The molecule has 37 heavy (non-hydrogen) atoms. The first-order valence-corrected chi connectivity index (χ1v) is 14.4. The van der Waals surface area contributed by atoms with Gasteiger partial charge in [-0.25, -0.2) is 0 Å². The number of thioether (sulfide) groups is 1. The predicted molar refractivity (Wildman–Crippen MR) is 155 cm³/mol. The van der Waals surface area contributed by atoms with E-state index in [1.807, 2.05) is 44.4 Å². The van der Waals surface area contributed by atoms with Gasteiger partial charge in [0.15, 0.2) is 0 Å². The summed E-state index contributed by atoms with van der Waals surface area (Å²) in [6, 6.07) is 14.6. The molecule has 0 saturated heterocycles. The molecule has 1 aliphatic carbocycles. The van der Waals surface area contributed by atoms with E-state index in [0.717, 1.165) is 41.4 Å². The number of carbonyl (C=O) groups is 1. The van der Waals surface area contributed by atoms with Gasteiger partial charge in [-0.2, -0.15) is 13.2 Å². The van der Waals surface area contributed by atoms with Crippen LogP contribution in [-0.4, -0.2) is 12.2 Å². The average molecular weight is 572 g/mol. The Morgan fingerprint density at radius 3 is 2.16 bits per heavy atom. The maximum Gasteiger partial charge on any atom is 0.416 e. The van der Waals surface area contributed by atoms with Gasteiger partial charge in [-0.15, -0.1) is 23.1 Å². The highest BCUT2D eigenvalue weighted by Gasteiger charge is 2.30. The molecule has 0 radical (unpaired) electrons. The Balaban J connectivity index is 0.000000527. The topological polar surface area (TPSA) is 29.1 Å². The second kappa shape index (κ2) is 16.1. The van der Waals surface area contributed by atoms with E-state index in [-0.39, 0.29) is 19.8 Å². The molecule has 0 bridgehead atoms. The molecular formula is C29H37ClF3NOS2. The van der Waals surface area contributed by atoms with E-state index in [1.165, 1.54) is 33.9 Å². The molecule has 0 saturated carbocycles. The van der Waals surface area contributed by atoms with Gasteiger partial charge in [0.2, 0.25) is 5.91 Å². The van der Waals surface area contributed by atoms with E-state index in [4.69, 9.17) is 11.6 Å². The van der Waals surface area contributed by atoms with Gasteiger partial charge in [0, 0.05) is 5.69 Å². The smallest absolute Gasteiger partial charge is 0.326 e. The molecular weight excluding hydrogens is 535 g/mol. The zero-order chi connectivity index (χ0) is 26.7. The number of amides is 1. The van der Waals surface area contributed by atoms with Gasteiger partial charge in [0.05, 0.1) is 20.5 Å². The molecule has 204 valence electrons. The van der Waals surface area contributed by atoms with Gasteiger partial charge < -0.3 is 5.32 Å². The predicted octanol–water partition coefficient (Wildman–Crippen LogP) is 10.2. The van der Waals surface area contributed by atoms with Crippen molar-refractivity contribution in [2.24, 2.45) is 5.92 Å².